The number of rotatable bonds is 9. The van der Waals surface area contributed by atoms with E-state index in [1.165, 1.54) is 0 Å². The second kappa shape index (κ2) is 10.8. The topological polar surface area (TPSA) is 111 Å². The molecule has 28 heavy (non-hydrogen) atoms. The Labute approximate surface area is 168 Å². The highest BCUT2D eigenvalue weighted by atomic mass is 32.2. The lowest BCUT2D eigenvalue weighted by atomic mass is 9.82. The van der Waals surface area contributed by atoms with E-state index in [0.717, 1.165) is 22.1 Å². The summed E-state index contributed by atoms with van der Waals surface area (Å²) in [5, 5.41) is 9.18. The van der Waals surface area contributed by atoms with Crippen LogP contribution in [0.25, 0.3) is 6.08 Å². The molecule has 1 saturated heterocycles. The number of hydroxylamine groups is 1. The molecular formula is C19H26N4O4S. The first-order chi connectivity index (χ1) is 13.4. The quantitative estimate of drug-likeness (QED) is 0.283. The predicted octanol–water partition coefficient (Wildman–Crippen LogP) is 1.90. The molecular weight excluding hydrogens is 380 g/mol. The molecule has 1 heterocycles. The summed E-state index contributed by atoms with van der Waals surface area (Å²) in [7, 11) is 0. The predicted molar refractivity (Wildman–Crippen MR) is 107 cm³/mol. The number of amides is 3. The van der Waals surface area contributed by atoms with Crippen LogP contribution in [0.5, 0.6) is 0 Å². The van der Waals surface area contributed by atoms with Gasteiger partial charge in [0.25, 0.3) is 5.91 Å². The maximum absolute atomic E-state index is 12.8. The molecule has 0 aliphatic carbocycles. The van der Waals surface area contributed by atoms with Crippen molar-refractivity contribution in [1.29, 1.82) is 0 Å². The summed E-state index contributed by atoms with van der Waals surface area (Å²) in [6.07, 6.45) is 4.38. The van der Waals surface area contributed by atoms with E-state index in [1.807, 2.05) is 56.3 Å². The van der Waals surface area contributed by atoms with Crippen molar-refractivity contribution in [3.05, 3.63) is 42.0 Å². The minimum Gasteiger partial charge on any atom is -0.289 e. The molecule has 0 bridgehead atoms. The number of hydrazine groups is 1. The van der Waals surface area contributed by atoms with Crippen LogP contribution in [0.3, 0.4) is 0 Å². The van der Waals surface area contributed by atoms with Crippen molar-refractivity contribution < 1.29 is 19.6 Å². The molecule has 1 aliphatic heterocycles. The molecule has 3 amide bonds. The Kier molecular flexibility index (Phi) is 8.49. The zero-order valence-electron chi connectivity index (χ0n) is 15.9. The van der Waals surface area contributed by atoms with Crippen molar-refractivity contribution in [3.8, 4) is 0 Å². The fourth-order valence-corrected chi connectivity index (χ4v) is 3.58. The molecule has 1 aliphatic rings. The van der Waals surface area contributed by atoms with E-state index in [-0.39, 0.29) is 24.8 Å². The van der Waals surface area contributed by atoms with Gasteiger partial charge in [0.15, 0.2) is 0 Å². The SMILES string of the molecule is CC(C)C[C@@H](C(=O)NN1SNCC1=O)[C@H](C/C=C/c1ccccc1)C(=O)NO. The van der Waals surface area contributed by atoms with Gasteiger partial charge in [0.2, 0.25) is 11.8 Å². The smallest absolute Gasteiger partial charge is 0.267 e. The zero-order chi connectivity index (χ0) is 20.5. The highest BCUT2D eigenvalue weighted by Crippen LogP contribution is 2.26. The fraction of sp³-hybridized carbons (Fsp3) is 0.421. The summed E-state index contributed by atoms with van der Waals surface area (Å²) in [5.41, 5.74) is 5.21. The third-order valence-corrected chi connectivity index (χ3v) is 5.06. The largest absolute Gasteiger partial charge is 0.289 e. The third kappa shape index (κ3) is 6.36. The standard InChI is InChI=1S/C19H26N4O4S/c1-13(2)11-16(18(25)21-23-17(24)12-20-28-23)15(19(26)22-27)10-6-9-14-7-4-3-5-8-14/h3-9,13,15-16,20,27H,10-12H2,1-2H3,(H,21,25)(H,22,26)/b9-6+/t15-,16+/m0/s1. The van der Waals surface area contributed by atoms with Crippen molar-refractivity contribution in [2.24, 2.45) is 17.8 Å². The van der Waals surface area contributed by atoms with Gasteiger partial charge in [0.1, 0.15) is 0 Å². The van der Waals surface area contributed by atoms with E-state index >= 15 is 0 Å². The second-order valence-corrected chi connectivity index (χ2v) is 7.78. The molecule has 0 spiro atoms. The van der Waals surface area contributed by atoms with Gasteiger partial charge in [-0.3, -0.25) is 25.0 Å². The summed E-state index contributed by atoms with van der Waals surface area (Å²) >= 11 is 0.994. The average molecular weight is 407 g/mol. The molecule has 1 aromatic rings. The Hall–Kier alpha value is -2.36. The number of nitrogens with one attached hydrogen (secondary N) is 3. The van der Waals surface area contributed by atoms with Gasteiger partial charge in [-0.25, -0.2) is 10.2 Å². The van der Waals surface area contributed by atoms with E-state index in [4.69, 9.17) is 0 Å². The maximum atomic E-state index is 12.8. The first-order valence-electron chi connectivity index (χ1n) is 9.11. The second-order valence-electron chi connectivity index (χ2n) is 6.94. The van der Waals surface area contributed by atoms with Gasteiger partial charge in [-0.2, -0.15) is 4.41 Å². The van der Waals surface area contributed by atoms with Crippen LogP contribution < -0.4 is 15.6 Å². The van der Waals surface area contributed by atoms with E-state index < -0.39 is 23.7 Å². The first-order valence-corrected chi connectivity index (χ1v) is 9.88. The van der Waals surface area contributed by atoms with Crippen LogP contribution >= 0.6 is 12.1 Å². The molecule has 9 heteroatoms. The van der Waals surface area contributed by atoms with Gasteiger partial charge in [-0.05, 0) is 24.3 Å². The molecule has 0 saturated carbocycles. The summed E-state index contributed by atoms with van der Waals surface area (Å²) < 4.78 is 3.90. The molecule has 0 aromatic heterocycles. The Morgan fingerprint density at radius 2 is 1.96 bits per heavy atom. The van der Waals surface area contributed by atoms with Crippen LogP contribution in [-0.4, -0.2) is 33.9 Å². The van der Waals surface area contributed by atoms with E-state index in [1.54, 1.807) is 5.48 Å². The molecule has 0 unspecified atom stereocenters. The summed E-state index contributed by atoms with van der Waals surface area (Å²) in [6, 6.07) is 9.59. The van der Waals surface area contributed by atoms with Gasteiger partial charge in [0, 0.05) is 0 Å². The van der Waals surface area contributed by atoms with Crippen molar-refractivity contribution in [2.75, 3.05) is 6.54 Å². The third-order valence-electron chi connectivity index (χ3n) is 4.31. The highest BCUT2D eigenvalue weighted by Gasteiger charge is 2.35. The lowest BCUT2D eigenvalue weighted by molar-refractivity contribution is -0.143. The maximum Gasteiger partial charge on any atom is 0.267 e. The number of hydrogen-bond donors (Lipinski definition) is 4. The molecule has 2 atom stereocenters. The minimum atomic E-state index is -0.775. The van der Waals surface area contributed by atoms with Crippen LogP contribution in [-0.2, 0) is 14.4 Å². The van der Waals surface area contributed by atoms with E-state index in [2.05, 4.69) is 10.1 Å². The summed E-state index contributed by atoms with van der Waals surface area (Å²) in [4.78, 5) is 36.9. The normalized spacial score (nSPS) is 16.4. The minimum absolute atomic E-state index is 0.125. The van der Waals surface area contributed by atoms with Crippen molar-refractivity contribution in [2.45, 2.75) is 26.7 Å². The van der Waals surface area contributed by atoms with Gasteiger partial charge in [0.05, 0.1) is 30.5 Å². The van der Waals surface area contributed by atoms with Crippen molar-refractivity contribution in [1.82, 2.24) is 20.0 Å². The molecule has 4 N–H and O–H groups in total. The summed E-state index contributed by atoms with van der Waals surface area (Å²) in [5.74, 6) is -2.67. The van der Waals surface area contributed by atoms with Crippen molar-refractivity contribution in [3.63, 3.8) is 0 Å². The van der Waals surface area contributed by atoms with Crippen LogP contribution in [0, 0.1) is 17.8 Å². The Bertz CT molecular complexity index is 711. The lowest BCUT2D eigenvalue weighted by Crippen LogP contribution is -2.47. The number of benzene rings is 1. The zero-order valence-corrected chi connectivity index (χ0v) is 16.7. The number of allylic oxidation sites excluding steroid dienone is 1. The highest BCUT2D eigenvalue weighted by molar-refractivity contribution is 7.96. The number of carbonyl (C=O) groups is 3. The van der Waals surface area contributed by atoms with Gasteiger partial charge < -0.3 is 0 Å². The lowest BCUT2D eigenvalue weighted by Gasteiger charge is -2.27. The number of hydrogen-bond acceptors (Lipinski definition) is 6. The van der Waals surface area contributed by atoms with Crippen LogP contribution in [0.15, 0.2) is 36.4 Å². The van der Waals surface area contributed by atoms with E-state index in [9.17, 15) is 19.6 Å². The fourth-order valence-electron chi connectivity index (χ4n) is 2.96. The van der Waals surface area contributed by atoms with Gasteiger partial charge >= 0.3 is 0 Å². The Balaban J connectivity index is 2.15. The number of nitrogens with zero attached hydrogens (tertiary/aromatic N) is 1. The first kappa shape index (κ1) is 21.9. The molecule has 8 nitrogen and oxygen atoms in total. The van der Waals surface area contributed by atoms with Gasteiger partial charge in [-0.15, -0.1) is 0 Å². The molecule has 0 radical (unpaired) electrons. The van der Waals surface area contributed by atoms with Crippen LogP contribution in [0.1, 0.15) is 32.3 Å². The average Bonchev–Trinajstić information content (AvgIpc) is 3.08. The summed E-state index contributed by atoms with van der Waals surface area (Å²) in [6.45, 7) is 4.02. The Morgan fingerprint density at radius 1 is 1.25 bits per heavy atom. The van der Waals surface area contributed by atoms with Crippen LogP contribution in [0.4, 0.5) is 0 Å². The molecule has 1 fully saturated rings. The molecule has 152 valence electrons. The molecule has 1 aromatic carbocycles. The van der Waals surface area contributed by atoms with E-state index in [0.29, 0.717) is 6.42 Å². The Morgan fingerprint density at radius 3 is 2.54 bits per heavy atom. The van der Waals surface area contributed by atoms with Crippen LogP contribution in [0.2, 0.25) is 0 Å². The monoisotopic (exact) mass is 406 g/mol. The van der Waals surface area contributed by atoms with Gasteiger partial charge in [-0.1, -0.05) is 56.3 Å². The number of carbonyl (C=O) groups excluding carboxylic acids is 3. The van der Waals surface area contributed by atoms with Crippen molar-refractivity contribution >= 4 is 35.9 Å². The molecule has 2 rings (SSSR count).